The molecule has 0 saturated heterocycles. The quantitative estimate of drug-likeness (QED) is 0.793. The second kappa shape index (κ2) is 8.46. The number of rotatable bonds is 6. The molecule has 0 unspecified atom stereocenters. The number of ether oxygens (including phenoxy) is 2. The molecular weight excluding hydrogens is 328 g/mol. The summed E-state index contributed by atoms with van der Waals surface area (Å²) in [6, 6.07) is 8.17. The summed E-state index contributed by atoms with van der Waals surface area (Å²) in [7, 11) is 0. The molecule has 0 heterocycles. The van der Waals surface area contributed by atoms with E-state index in [2.05, 4.69) is 17.0 Å². The third-order valence-corrected chi connectivity index (χ3v) is 3.93. The summed E-state index contributed by atoms with van der Waals surface area (Å²) < 4.78 is 36.1. The molecule has 2 rings (SSSR count). The average molecular weight is 349 g/mol. The number of halogens is 2. The van der Waals surface area contributed by atoms with Gasteiger partial charge < -0.3 is 9.47 Å². The number of anilines is 1. The fourth-order valence-electron chi connectivity index (χ4n) is 2.55. The summed E-state index contributed by atoms with van der Waals surface area (Å²) in [5.41, 5.74) is 3.62. The lowest BCUT2D eigenvalue weighted by Gasteiger charge is -2.15. The maximum atomic E-state index is 14.1. The standard InChI is InChI=1S/C19H21F2NO3/c1-4-14-8-13(3)18(9-12(14)2)24-10-15-16(21)6-5-7-17(15)22-19(23)25-11-20/h5-9H,4,10-11H2,1-3H3,(H,22,23). The highest BCUT2D eigenvalue weighted by Gasteiger charge is 2.14. The molecule has 2 aromatic rings. The predicted octanol–water partition coefficient (Wildman–Crippen LogP) is 5.06. The van der Waals surface area contributed by atoms with Crippen molar-refractivity contribution in [1.82, 2.24) is 0 Å². The van der Waals surface area contributed by atoms with Gasteiger partial charge in [0.25, 0.3) is 0 Å². The van der Waals surface area contributed by atoms with Crippen molar-refractivity contribution in [2.75, 3.05) is 12.2 Å². The predicted molar refractivity (Wildman–Crippen MR) is 92.1 cm³/mol. The Morgan fingerprint density at radius 2 is 1.96 bits per heavy atom. The smallest absolute Gasteiger partial charge is 0.413 e. The van der Waals surface area contributed by atoms with Gasteiger partial charge in [0, 0.05) is 5.56 Å². The van der Waals surface area contributed by atoms with Gasteiger partial charge in [-0.15, -0.1) is 0 Å². The Labute approximate surface area is 145 Å². The molecule has 0 aromatic heterocycles. The zero-order valence-corrected chi connectivity index (χ0v) is 14.5. The third kappa shape index (κ3) is 4.68. The number of amides is 1. The summed E-state index contributed by atoms with van der Waals surface area (Å²) >= 11 is 0. The number of aryl methyl sites for hydroxylation is 3. The zero-order chi connectivity index (χ0) is 18.4. The lowest BCUT2D eigenvalue weighted by molar-refractivity contribution is 0.111. The van der Waals surface area contributed by atoms with Crippen LogP contribution in [0.1, 0.15) is 29.2 Å². The van der Waals surface area contributed by atoms with Crippen LogP contribution in [0, 0.1) is 19.7 Å². The maximum Gasteiger partial charge on any atom is 0.413 e. The van der Waals surface area contributed by atoms with Crippen molar-refractivity contribution in [3.63, 3.8) is 0 Å². The van der Waals surface area contributed by atoms with Gasteiger partial charge in [-0.2, -0.15) is 0 Å². The van der Waals surface area contributed by atoms with E-state index in [0.29, 0.717) is 5.75 Å². The number of hydrogen-bond donors (Lipinski definition) is 1. The van der Waals surface area contributed by atoms with Gasteiger partial charge in [0.2, 0.25) is 6.86 Å². The Balaban J connectivity index is 2.20. The van der Waals surface area contributed by atoms with E-state index in [1.807, 2.05) is 26.0 Å². The Morgan fingerprint density at radius 3 is 2.64 bits per heavy atom. The van der Waals surface area contributed by atoms with Gasteiger partial charge in [-0.05, 0) is 55.2 Å². The van der Waals surface area contributed by atoms with E-state index in [-0.39, 0.29) is 17.9 Å². The molecule has 1 N–H and O–H groups in total. The number of carbonyl (C=O) groups excluding carboxylic acids is 1. The number of alkyl halides is 1. The summed E-state index contributed by atoms with van der Waals surface area (Å²) in [5, 5.41) is 2.31. The molecule has 0 saturated carbocycles. The number of nitrogens with one attached hydrogen (secondary N) is 1. The van der Waals surface area contributed by atoms with Crippen LogP contribution in [-0.2, 0) is 17.8 Å². The van der Waals surface area contributed by atoms with Crippen LogP contribution in [0.15, 0.2) is 30.3 Å². The minimum absolute atomic E-state index is 0.0797. The highest BCUT2D eigenvalue weighted by atomic mass is 19.1. The Kier molecular flexibility index (Phi) is 6.33. The molecule has 0 spiro atoms. The molecule has 0 aliphatic rings. The topological polar surface area (TPSA) is 47.6 Å². The van der Waals surface area contributed by atoms with Crippen LogP contribution in [0.4, 0.5) is 19.3 Å². The van der Waals surface area contributed by atoms with Crippen LogP contribution < -0.4 is 10.1 Å². The number of benzene rings is 2. The molecule has 25 heavy (non-hydrogen) atoms. The van der Waals surface area contributed by atoms with Gasteiger partial charge in [-0.3, -0.25) is 5.32 Å². The zero-order valence-electron chi connectivity index (χ0n) is 14.5. The van der Waals surface area contributed by atoms with Crippen LogP contribution >= 0.6 is 0 Å². The number of carbonyl (C=O) groups is 1. The van der Waals surface area contributed by atoms with Gasteiger partial charge in [-0.1, -0.05) is 19.1 Å². The van der Waals surface area contributed by atoms with Gasteiger partial charge in [0.15, 0.2) is 0 Å². The maximum absolute atomic E-state index is 14.1. The third-order valence-electron chi connectivity index (χ3n) is 3.93. The first-order chi connectivity index (χ1) is 12.0. The van der Waals surface area contributed by atoms with Crippen molar-refractivity contribution < 1.29 is 23.0 Å². The molecule has 0 aliphatic heterocycles. The second-order valence-electron chi connectivity index (χ2n) is 5.62. The van der Waals surface area contributed by atoms with Crippen LogP contribution in [-0.4, -0.2) is 13.0 Å². The normalized spacial score (nSPS) is 10.4. The van der Waals surface area contributed by atoms with E-state index in [4.69, 9.17) is 4.74 Å². The largest absolute Gasteiger partial charge is 0.488 e. The molecule has 4 nitrogen and oxygen atoms in total. The molecule has 0 aliphatic carbocycles. The SMILES string of the molecule is CCc1cc(C)c(OCc2c(F)cccc2NC(=O)OCF)cc1C. The molecule has 2 aromatic carbocycles. The molecule has 134 valence electrons. The Morgan fingerprint density at radius 1 is 1.20 bits per heavy atom. The van der Waals surface area contributed by atoms with Crippen LogP contribution in [0.5, 0.6) is 5.75 Å². The second-order valence-corrected chi connectivity index (χ2v) is 5.62. The van der Waals surface area contributed by atoms with Crippen LogP contribution in [0.2, 0.25) is 0 Å². The van der Waals surface area contributed by atoms with Crippen molar-refractivity contribution >= 4 is 11.8 Å². The minimum Gasteiger partial charge on any atom is -0.488 e. The first-order valence-corrected chi connectivity index (χ1v) is 7.96. The Hall–Kier alpha value is -2.63. The van der Waals surface area contributed by atoms with Crippen molar-refractivity contribution in [3.05, 3.63) is 58.4 Å². The molecule has 6 heteroatoms. The summed E-state index contributed by atoms with van der Waals surface area (Å²) in [5.74, 6) is 0.118. The molecule has 0 fully saturated rings. The first kappa shape index (κ1) is 18.7. The first-order valence-electron chi connectivity index (χ1n) is 7.96. The van der Waals surface area contributed by atoms with Gasteiger partial charge in [-0.25, -0.2) is 13.6 Å². The van der Waals surface area contributed by atoms with Crippen LogP contribution in [0.3, 0.4) is 0 Å². The highest BCUT2D eigenvalue weighted by molar-refractivity contribution is 5.85. The molecular formula is C19H21F2NO3. The van der Waals surface area contributed by atoms with Crippen molar-refractivity contribution in [1.29, 1.82) is 0 Å². The lowest BCUT2D eigenvalue weighted by Crippen LogP contribution is -2.15. The fourth-order valence-corrected chi connectivity index (χ4v) is 2.55. The van der Waals surface area contributed by atoms with E-state index >= 15 is 0 Å². The van der Waals surface area contributed by atoms with Gasteiger partial charge in [0.05, 0.1) is 5.69 Å². The highest BCUT2D eigenvalue weighted by Crippen LogP contribution is 2.26. The van der Waals surface area contributed by atoms with Gasteiger partial charge >= 0.3 is 6.09 Å². The lowest BCUT2D eigenvalue weighted by atomic mass is 10.0. The molecule has 0 bridgehead atoms. The summed E-state index contributed by atoms with van der Waals surface area (Å²) in [6.07, 6.45) is -0.0703. The molecule has 0 radical (unpaired) electrons. The molecule has 1 amide bonds. The van der Waals surface area contributed by atoms with Crippen molar-refractivity contribution in [3.8, 4) is 5.75 Å². The van der Waals surface area contributed by atoms with Gasteiger partial charge in [0.1, 0.15) is 18.2 Å². The van der Waals surface area contributed by atoms with E-state index in [1.54, 1.807) is 0 Å². The van der Waals surface area contributed by atoms with Crippen molar-refractivity contribution in [2.45, 2.75) is 33.8 Å². The van der Waals surface area contributed by atoms with E-state index in [1.165, 1.54) is 23.8 Å². The fraction of sp³-hybridized carbons (Fsp3) is 0.316. The van der Waals surface area contributed by atoms with E-state index in [0.717, 1.165) is 17.5 Å². The average Bonchev–Trinajstić information content (AvgIpc) is 2.57. The summed E-state index contributed by atoms with van der Waals surface area (Å²) in [4.78, 5) is 11.4. The van der Waals surface area contributed by atoms with Crippen LogP contribution in [0.25, 0.3) is 0 Å². The van der Waals surface area contributed by atoms with Crippen molar-refractivity contribution in [2.24, 2.45) is 0 Å². The number of hydrogen-bond acceptors (Lipinski definition) is 3. The minimum atomic E-state index is -1.25. The monoisotopic (exact) mass is 349 g/mol. The van der Waals surface area contributed by atoms with E-state index in [9.17, 15) is 13.6 Å². The Bertz CT molecular complexity index is 763. The molecule has 0 atom stereocenters. The summed E-state index contributed by atoms with van der Waals surface area (Å²) in [6.45, 7) is 4.66. The van der Waals surface area contributed by atoms with E-state index < -0.39 is 18.8 Å².